The van der Waals surface area contributed by atoms with E-state index >= 15 is 0 Å². The number of nitrogens with one attached hydrogen (secondary N) is 3. The average molecular weight is 439 g/mol. The Kier molecular flexibility index (Phi) is 5.47. The highest BCUT2D eigenvalue weighted by molar-refractivity contribution is 7.92. The van der Waals surface area contributed by atoms with E-state index in [0.29, 0.717) is 28.3 Å². The number of hydrogen-bond donors (Lipinski definition) is 3. The maximum Gasteiger partial charge on any atom is 0.251 e. The van der Waals surface area contributed by atoms with Gasteiger partial charge in [0.15, 0.2) is 0 Å². The third-order valence-corrected chi connectivity index (χ3v) is 6.09. The minimum atomic E-state index is -3.45. The van der Waals surface area contributed by atoms with Crippen LogP contribution in [-0.2, 0) is 16.6 Å². The van der Waals surface area contributed by atoms with Gasteiger partial charge in [-0.3, -0.25) is 9.52 Å². The molecule has 0 spiro atoms. The number of rotatable bonds is 7. The summed E-state index contributed by atoms with van der Waals surface area (Å²) >= 11 is 0. The fraction of sp³-hybridized carbons (Fsp3) is 0.190. The van der Waals surface area contributed by atoms with Crippen molar-refractivity contribution in [2.24, 2.45) is 0 Å². The van der Waals surface area contributed by atoms with Gasteiger partial charge in [-0.05, 0) is 44.2 Å². The van der Waals surface area contributed by atoms with Gasteiger partial charge in [0.05, 0.1) is 40.9 Å². The van der Waals surface area contributed by atoms with Crippen LogP contribution in [0.25, 0.3) is 22.5 Å². The highest BCUT2D eigenvalue weighted by Gasteiger charge is 2.18. The molecule has 2 aromatic heterocycles. The van der Waals surface area contributed by atoms with Crippen molar-refractivity contribution in [3.63, 3.8) is 0 Å². The fourth-order valence-corrected chi connectivity index (χ4v) is 3.71. The summed E-state index contributed by atoms with van der Waals surface area (Å²) in [6.45, 7) is 3.47. The van der Waals surface area contributed by atoms with Crippen LogP contribution in [0.2, 0.25) is 0 Å². The summed E-state index contributed by atoms with van der Waals surface area (Å²) in [4.78, 5) is 24.1. The number of H-pyrrole nitrogens is 1. The topological polar surface area (TPSA) is 130 Å². The zero-order valence-electron chi connectivity index (χ0n) is 17.0. The van der Waals surface area contributed by atoms with E-state index in [1.54, 1.807) is 62.6 Å². The number of carbonyl (C=O) groups excluding carboxylic acids is 1. The molecule has 4 rings (SSSR count). The van der Waals surface area contributed by atoms with Crippen LogP contribution >= 0.6 is 0 Å². The lowest BCUT2D eigenvalue weighted by Gasteiger charge is -2.09. The third kappa shape index (κ3) is 4.43. The van der Waals surface area contributed by atoms with Crippen molar-refractivity contribution in [3.8, 4) is 11.5 Å². The van der Waals surface area contributed by atoms with E-state index in [9.17, 15) is 13.2 Å². The van der Waals surface area contributed by atoms with Crippen molar-refractivity contribution in [3.05, 3.63) is 65.8 Å². The molecule has 0 atom stereocenters. The molecule has 9 nitrogen and oxygen atoms in total. The number of sulfonamides is 1. The molecule has 160 valence electrons. The maximum atomic E-state index is 12.5. The van der Waals surface area contributed by atoms with Crippen LogP contribution in [0.1, 0.15) is 28.7 Å². The highest BCUT2D eigenvalue weighted by Crippen LogP contribution is 2.29. The number of oxazole rings is 1. The Morgan fingerprint density at radius 3 is 2.81 bits per heavy atom. The van der Waals surface area contributed by atoms with Crippen LogP contribution in [0.15, 0.2) is 53.2 Å². The summed E-state index contributed by atoms with van der Waals surface area (Å²) in [7, 11) is -3.45. The van der Waals surface area contributed by atoms with Gasteiger partial charge in [0, 0.05) is 5.56 Å². The number of aromatic nitrogens is 3. The van der Waals surface area contributed by atoms with Crippen LogP contribution < -0.4 is 10.0 Å². The molecule has 0 radical (unpaired) electrons. The molecule has 31 heavy (non-hydrogen) atoms. The minimum Gasteiger partial charge on any atom is -0.441 e. The van der Waals surface area contributed by atoms with Crippen molar-refractivity contribution < 1.29 is 17.6 Å². The molecular weight excluding hydrogens is 418 g/mol. The fourth-order valence-electron chi connectivity index (χ4n) is 3.05. The average Bonchev–Trinajstić information content (AvgIpc) is 3.38. The lowest BCUT2D eigenvalue weighted by atomic mass is 10.2. The lowest BCUT2D eigenvalue weighted by molar-refractivity contribution is 0.0950. The first-order valence-corrected chi connectivity index (χ1v) is 11.3. The van der Waals surface area contributed by atoms with Crippen LogP contribution in [0.4, 0.5) is 5.69 Å². The molecule has 3 N–H and O–H groups in total. The molecule has 0 fully saturated rings. The number of imidazole rings is 1. The molecule has 0 saturated carbocycles. The Morgan fingerprint density at radius 1 is 1.19 bits per heavy atom. The Morgan fingerprint density at radius 2 is 2.00 bits per heavy atom. The van der Waals surface area contributed by atoms with Gasteiger partial charge >= 0.3 is 0 Å². The summed E-state index contributed by atoms with van der Waals surface area (Å²) in [5, 5.41) is 2.83. The van der Waals surface area contributed by atoms with Crippen LogP contribution in [0.3, 0.4) is 0 Å². The van der Waals surface area contributed by atoms with Crippen molar-refractivity contribution in [2.75, 3.05) is 10.5 Å². The zero-order valence-corrected chi connectivity index (χ0v) is 17.8. The number of carbonyl (C=O) groups is 1. The number of hydrogen-bond acceptors (Lipinski definition) is 6. The number of amides is 1. The van der Waals surface area contributed by atoms with E-state index in [1.165, 1.54) is 0 Å². The van der Waals surface area contributed by atoms with Crippen molar-refractivity contribution in [1.29, 1.82) is 0 Å². The Balaban J connectivity index is 1.52. The van der Waals surface area contributed by atoms with Crippen molar-refractivity contribution >= 4 is 32.7 Å². The van der Waals surface area contributed by atoms with E-state index in [0.717, 1.165) is 11.0 Å². The van der Waals surface area contributed by atoms with Gasteiger partial charge in [-0.25, -0.2) is 18.4 Å². The SMILES string of the molecule is CCS(=O)(=O)Nc1ccccc1-c1nc(CNC(=O)c2ccc3nc[nH]c3c2)c(C)o1. The molecule has 0 saturated heterocycles. The van der Waals surface area contributed by atoms with E-state index in [2.05, 4.69) is 25.0 Å². The molecular formula is C21H21N5O4S. The molecule has 0 aliphatic heterocycles. The second-order valence-electron chi connectivity index (χ2n) is 6.89. The van der Waals surface area contributed by atoms with Gasteiger partial charge in [-0.2, -0.15) is 0 Å². The normalized spacial score (nSPS) is 11.5. The van der Waals surface area contributed by atoms with Crippen LogP contribution in [0.5, 0.6) is 0 Å². The quantitative estimate of drug-likeness (QED) is 0.405. The summed E-state index contributed by atoms with van der Waals surface area (Å²) in [6.07, 6.45) is 1.57. The maximum absolute atomic E-state index is 12.5. The van der Waals surface area contributed by atoms with Gasteiger partial charge in [-0.15, -0.1) is 0 Å². The third-order valence-electron chi connectivity index (χ3n) is 4.79. The smallest absolute Gasteiger partial charge is 0.251 e. The second kappa shape index (κ2) is 8.23. The number of aromatic amines is 1. The molecule has 4 aromatic rings. The second-order valence-corrected chi connectivity index (χ2v) is 8.90. The van der Waals surface area contributed by atoms with Crippen molar-refractivity contribution in [1.82, 2.24) is 20.3 Å². The highest BCUT2D eigenvalue weighted by atomic mass is 32.2. The molecule has 10 heteroatoms. The Bertz CT molecular complexity index is 1360. The monoisotopic (exact) mass is 439 g/mol. The summed E-state index contributed by atoms with van der Waals surface area (Å²) < 4.78 is 32.3. The number of para-hydroxylation sites is 1. The van der Waals surface area contributed by atoms with Gasteiger partial charge in [0.1, 0.15) is 11.5 Å². The summed E-state index contributed by atoms with van der Waals surface area (Å²) in [6, 6.07) is 12.1. The predicted molar refractivity (Wildman–Crippen MR) is 117 cm³/mol. The number of fused-ring (bicyclic) bond motifs is 1. The molecule has 1 amide bonds. The van der Waals surface area contributed by atoms with Gasteiger partial charge in [0.25, 0.3) is 5.91 Å². The van der Waals surface area contributed by atoms with E-state index in [-0.39, 0.29) is 24.1 Å². The molecule has 0 aliphatic carbocycles. The summed E-state index contributed by atoms with van der Waals surface area (Å²) in [5.41, 5.74) is 3.51. The molecule has 2 heterocycles. The molecule has 0 aliphatic rings. The first-order chi connectivity index (χ1) is 14.9. The van der Waals surface area contributed by atoms with Gasteiger partial charge in [0.2, 0.25) is 15.9 Å². The molecule has 0 unspecified atom stereocenters. The lowest BCUT2D eigenvalue weighted by Crippen LogP contribution is -2.23. The largest absolute Gasteiger partial charge is 0.441 e. The Labute approximate surface area is 179 Å². The predicted octanol–water partition coefficient (Wildman–Crippen LogP) is 3.22. The molecule has 2 aromatic carbocycles. The van der Waals surface area contributed by atoms with E-state index in [1.807, 2.05) is 0 Å². The number of nitrogens with zero attached hydrogens (tertiary/aromatic N) is 2. The first-order valence-electron chi connectivity index (χ1n) is 9.64. The Hall–Kier alpha value is -3.66. The van der Waals surface area contributed by atoms with Gasteiger partial charge < -0.3 is 14.7 Å². The number of benzene rings is 2. The van der Waals surface area contributed by atoms with Crippen LogP contribution in [0, 0.1) is 6.92 Å². The van der Waals surface area contributed by atoms with E-state index < -0.39 is 10.0 Å². The van der Waals surface area contributed by atoms with Crippen molar-refractivity contribution in [2.45, 2.75) is 20.4 Å². The van der Waals surface area contributed by atoms with Gasteiger partial charge in [-0.1, -0.05) is 12.1 Å². The molecule has 0 bridgehead atoms. The zero-order chi connectivity index (χ0) is 22.0. The van der Waals surface area contributed by atoms with Crippen LogP contribution in [-0.4, -0.2) is 35.0 Å². The number of aryl methyl sites for hydroxylation is 1. The number of anilines is 1. The van der Waals surface area contributed by atoms with E-state index in [4.69, 9.17) is 4.42 Å². The minimum absolute atomic E-state index is 0.0481. The summed E-state index contributed by atoms with van der Waals surface area (Å²) in [5.74, 6) is 0.507. The first kappa shape index (κ1) is 20.6. The standard InChI is InChI=1S/C21H21N5O4S/c1-3-31(28,29)26-16-7-5-4-6-15(16)21-25-19(13(2)30-21)11-22-20(27)14-8-9-17-18(10-14)24-12-23-17/h4-10,12,26H,3,11H2,1-2H3,(H,22,27)(H,23,24).